The number of benzene rings is 1. The fraction of sp³-hybridized carbons (Fsp3) is 0.286. The van der Waals surface area contributed by atoms with Crippen LogP contribution in [0.1, 0.15) is 16.1 Å². The van der Waals surface area contributed by atoms with Gasteiger partial charge in [-0.15, -0.1) is 11.3 Å². The molecule has 0 saturated carbocycles. The van der Waals surface area contributed by atoms with Crippen LogP contribution in [0.15, 0.2) is 18.2 Å². The summed E-state index contributed by atoms with van der Waals surface area (Å²) in [6, 6.07) is 5.39. The monoisotopic (exact) mass is 342 g/mol. The largest absolute Gasteiger partial charge is 0.496 e. The summed E-state index contributed by atoms with van der Waals surface area (Å²) in [5.41, 5.74) is 1.71. The van der Waals surface area contributed by atoms with Crippen molar-refractivity contribution in [2.45, 2.75) is 19.9 Å². The molecule has 1 amide bonds. The lowest BCUT2D eigenvalue weighted by Gasteiger charge is -2.11. The minimum atomic E-state index is -0.0784. The van der Waals surface area contributed by atoms with Crippen molar-refractivity contribution in [1.29, 1.82) is 0 Å². The van der Waals surface area contributed by atoms with E-state index in [2.05, 4.69) is 10.3 Å². The summed E-state index contributed by atoms with van der Waals surface area (Å²) in [5.74, 6) is 0.585. The van der Waals surface area contributed by atoms with Crippen molar-refractivity contribution in [3.05, 3.63) is 43.3 Å². The molecule has 2 N–H and O–H groups in total. The molecule has 0 spiro atoms. The maximum absolute atomic E-state index is 12.0. The summed E-state index contributed by atoms with van der Waals surface area (Å²) in [4.78, 5) is 16.0. The van der Waals surface area contributed by atoms with Crippen LogP contribution in [0.2, 0.25) is 5.02 Å². The molecule has 1 aromatic heterocycles. The fourth-order valence-electron chi connectivity index (χ4n) is 1.90. The van der Waals surface area contributed by atoms with Crippen LogP contribution in [0.5, 0.6) is 5.75 Å². The first-order valence-electron chi connectivity index (χ1n) is 6.28. The first kappa shape index (κ1) is 16.0. The number of thiazole rings is 1. The van der Waals surface area contributed by atoms with E-state index in [1.54, 1.807) is 13.2 Å². The van der Waals surface area contributed by atoms with Crippen molar-refractivity contribution < 1.29 is 9.53 Å². The molecule has 1 aromatic carbocycles. The van der Waals surface area contributed by atoms with Gasteiger partial charge in [0.2, 0.25) is 5.91 Å². The molecular weight excluding hydrogens is 328 g/mol. The number of halogens is 1. The number of nitrogens with one attached hydrogen (secondary N) is 2. The maximum Gasteiger partial charge on any atom is 0.225 e. The van der Waals surface area contributed by atoms with Crippen molar-refractivity contribution in [2.24, 2.45) is 0 Å². The number of carbonyl (C=O) groups is 1. The van der Waals surface area contributed by atoms with E-state index < -0.39 is 0 Å². The van der Waals surface area contributed by atoms with Crippen molar-refractivity contribution in [3.8, 4) is 5.75 Å². The molecule has 0 radical (unpaired) electrons. The van der Waals surface area contributed by atoms with Crippen LogP contribution >= 0.6 is 35.2 Å². The molecule has 21 heavy (non-hydrogen) atoms. The Kier molecular flexibility index (Phi) is 5.39. The number of ether oxygens (including phenoxy) is 1. The van der Waals surface area contributed by atoms with Crippen molar-refractivity contribution in [3.63, 3.8) is 0 Å². The lowest BCUT2D eigenvalue weighted by atomic mass is 10.2. The number of carbonyl (C=O) groups excluding carboxylic acids is 1. The second-order valence-corrected chi connectivity index (χ2v) is 6.62. The number of amides is 1. The molecule has 0 aliphatic rings. The van der Waals surface area contributed by atoms with Crippen molar-refractivity contribution in [2.75, 3.05) is 7.11 Å². The average Bonchev–Trinajstić information content (AvgIpc) is 2.75. The molecule has 0 aliphatic heterocycles. The van der Waals surface area contributed by atoms with Crippen molar-refractivity contribution >= 4 is 41.1 Å². The van der Waals surface area contributed by atoms with E-state index in [-0.39, 0.29) is 5.91 Å². The third kappa shape index (κ3) is 4.06. The second kappa shape index (κ2) is 7.06. The average molecular weight is 343 g/mol. The van der Waals surface area contributed by atoms with Gasteiger partial charge in [-0.2, -0.15) is 0 Å². The van der Waals surface area contributed by atoms with Gasteiger partial charge in [0.1, 0.15) is 5.75 Å². The third-order valence-electron chi connectivity index (χ3n) is 3.00. The molecule has 4 nitrogen and oxygen atoms in total. The Labute approximate surface area is 137 Å². The van der Waals surface area contributed by atoms with E-state index in [1.165, 1.54) is 11.3 Å². The first-order chi connectivity index (χ1) is 10.0. The maximum atomic E-state index is 12.0. The van der Waals surface area contributed by atoms with Gasteiger partial charge in [-0.3, -0.25) is 4.79 Å². The molecule has 0 atom stereocenters. The van der Waals surface area contributed by atoms with E-state index in [0.717, 1.165) is 16.1 Å². The number of H-pyrrole nitrogens is 1. The second-order valence-electron chi connectivity index (χ2n) is 4.44. The summed E-state index contributed by atoms with van der Waals surface area (Å²) >= 11 is 12.6. The highest BCUT2D eigenvalue weighted by atomic mass is 35.5. The zero-order valence-electron chi connectivity index (χ0n) is 11.7. The SMILES string of the molecule is COc1cccc(Cl)c1CNC(=O)Cc1sc(=S)[nH]c1C. The highest BCUT2D eigenvalue weighted by Gasteiger charge is 2.11. The Balaban J connectivity index is 2.02. The van der Waals surface area contributed by atoms with Crippen LogP contribution < -0.4 is 10.1 Å². The summed E-state index contributed by atoms with van der Waals surface area (Å²) in [6.45, 7) is 2.24. The summed E-state index contributed by atoms with van der Waals surface area (Å²) in [6.07, 6.45) is 0.302. The number of hydrogen-bond acceptors (Lipinski definition) is 4. The number of hydrogen-bond donors (Lipinski definition) is 2. The van der Waals surface area contributed by atoms with Gasteiger partial charge in [0.05, 0.1) is 13.5 Å². The zero-order valence-corrected chi connectivity index (χ0v) is 14.0. The molecule has 0 aliphatic carbocycles. The van der Waals surface area contributed by atoms with Crippen LogP contribution in [0.4, 0.5) is 0 Å². The zero-order chi connectivity index (χ0) is 15.4. The molecule has 0 fully saturated rings. The molecular formula is C14H15ClN2O2S2. The van der Waals surface area contributed by atoms with Crippen LogP contribution in [-0.4, -0.2) is 18.0 Å². The highest BCUT2D eigenvalue weighted by molar-refractivity contribution is 7.73. The van der Waals surface area contributed by atoms with E-state index in [4.69, 9.17) is 28.6 Å². The smallest absolute Gasteiger partial charge is 0.225 e. The van der Waals surface area contributed by atoms with Gasteiger partial charge >= 0.3 is 0 Å². The molecule has 0 bridgehead atoms. The summed E-state index contributed by atoms with van der Waals surface area (Å²) in [7, 11) is 1.58. The molecule has 0 saturated heterocycles. The number of aromatic amines is 1. The molecule has 112 valence electrons. The number of methoxy groups -OCH3 is 1. The minimum absolute atomic E-state index is 0.0784. The molecule has 2 aromatic rings. The standard InChI is InChI=1S/C14H15ClN2O2S2/c1-8-12(21-14(20)17-8)6-13(18)16-7-9-10(15)4-3-5-11(9)19-2/h3-5H,6-7H2,1-2H3,(H,16,18)(H,17,20). The Bertz CT molecular complexity index is 709. The van der Waals surface area contributed by atoms with Gasteiger partial charge in [0, 0.05) is 27.7 Å². The van der Waals surface area contributed by atoms with E-state index >= 15 is 0 Å². The summed E-state index contributed by atoms with van der Waals surface area (Å²) < 4.78 is 5.93. The van der Waals surface area contributed by atoms with E-state index in [9.17, 15) is 4.79 Å². The topological polar surface area (TPSA) is 54.1 Å². The number of aromatic nitrogens is 1. The Morgan fingerprint density at radius 2 is 2.29 bits per heavy atom. The number of rotatable bonds is 5. The number of aryl methyl sites for hydroxylation is 1. The summed E-state index contributed by atoms with van der Waals surface area (Å²) in [5, 5.41) is 3.43. The van der Waals surface area contributed by atoms with Gasteiger partial charge < -0.3 is 15.0 Å². The Morgan fingerprint density at radius 1 is 1.52 bits per heavy atom. The predicted octanol–water partition coefficient (Wildman–Crippen LogP) is 3.64. The fourth-order valence-corrected chi connectivity index (χ4v) is 3.43. The minimum Gasteiger partial charge on any atom is -0.496 e. The molecule has 2 rings (SSSR count). The molecule has 7 heteroatoms. The quantitative estimate of drug-likeness (QED) is 0.816. The molecule has 1 heterocycles. The van der Waals surface area contributed by atoms with Crippen LogP contribution in [0.25, 0.3) is 0 Å². The van der Waals surface area contributed by atoms with Gasteiger partial charge in [0.25, 0.3) is 0 Å². The van der Waals surface area contributed by atoms with Gasteiger partial charge in [-0.1, -0.05) is 17.7 Å². The van der Waals surface area contributed by atoms with E-state index in [1.807, 2.05) is 19.1 Å². The van der Waals surface area contributed by atoms with Crippen LogP contribution in [0.3, 0.4) is 0 Å². The van der Waals surface area contributed by atoms with Crippen molar-refractivity contribution in [1.82, 2.24) is 10.3 Å². The third-order valence-corrected chi connectivity index (χ3v) is 4.69. The van der Waals surface area contributed by atoms with E-state index in [0.29, 0.717) is 27.7 Å². The van der Waals surface area contributed by atoms with Gasteiger partial charge in [0.15, 0.2) is 3.95 Å². The van der Waals surface area contributed by atoms with Gasteiger partial charge in [-0.05, 0) is 31.3 Å². The van der Waals surface area contributed by atoms with Crippen LogP contribution in [0, 0.1) is 10.9 Å². The lowest BCUT2D eigenvalue weighted by Crippen LogP contribution is -2.24. The Morgan fingerprint density at radius 3 is 2.90 bits per heavy atom. The van der Waals surface area contributed by atoms with Crippen LogP contribution in [-0.2, 0) is 17.8 Å². The molecule has 0 unspecified atom stereocenters. The predicted molar refractivity (Wildman–Crippen MR) is 87.8 cm³/mol. The van der Waals surface area contributed by atoms with Gasteiger partial charge in [-0.25, -0.2) is 0 Å². The lowest BCUT2D eigenvalue weighted by molar-refractivity contribution is -0.120. The normalized spacial score (nSPS) is 10.4. The first-order valence-corrected chi connectivity index (χ1v) is 7.88. The Hall–Kier alpha value is -1.37. The highest BCUT2D eigenvalue weighted by Crippen LogP contribution is 2.26.